The Morgan fingerprint density at radius 1 is 0.844 bits per heavy atom. The lowest BCUT2D eigenvalue weighted by molar-refractivity contribution is 0.113. The standard InChI is InChI=1S/C29H38F2O/c1-3-4-5-6-7-20-8-9-22-17-23(11-10-21(22)16-20)24-12-14-26(27(30)18-24)25-13-15-29(32-2)28(31)19-25/h12-15,18-23H,3-11,16-17H2,1-2H3. The van der Waals surface area contributed by atoms with E-state index in [1.807, 2.05) is 6.07 Å². The second kappa shape index (κ2) is 10.8. The van der Waals surface area contributed by atoms with Crippen molar-refractivity contribution in [2.75, 3.05) is 7.11 Å². The fourth-order valence-electron chi connectivity index (χ4n) is 6.26. The van der Waals surface area contributed by atoms with Crippen LogP contribution in [-0.4, -0.2) is 7.11 Å². The maximum absolute atomic E-state index is 15.0. The van der Waals surface area contributed by atoms with Crippen molar-refractivity contribution in [2.45, 2.75) is 83.5 Å². The average Bonchev–Trinajstić information content (AvgIpc) is 2.81. The van der Waals surface area contributed by atoms with Gasteiger partial charge < -0.3 is 4.74 Å². The summed E-state index contributed by atoms with van der Waals surface area (Å²) in [6.07, 6.45) is 14.7. The van der Waals surface area contributed by atoms with E-state index in [0.29, 0.717) is 17.0 Å². The molecule has 4 unspecified atom stereocenters. The van der Waals surface area contributed by atoms with Gasteiger partial charge in [0.1, 0.15) is 5.82 Å². The number of ether oxygens (including phenoxy) is 1. The number of fused-ring (bicyclic) bond motifs is 1. The summed E-state index contributed by atoms with van der Waals surface area (Å²) < 4.78 is 34.1. The van der Waals surface area contributed by atoms with Crippen LogP contribution in [-0.2, 0) is 0 Å². The van der Waals surface area contributed by atoms with Gasteiger partial charge in [-0.25, -0.2) is 8.78 Å². The van der Waals surface area contributed by atoms with Crippen LogP contribution in [0, 0.1) is 29.4 Å². The van der Waals surface area contributed by atoms with Gasteiger partial charge in [-0.15, -0.1) is 0 Å². The summed E-state index contributed by atoms with van der Waals surface area (Å²) in [5.74, 6) is 2.53. The average molecular weight is 441 g/mol. The molecular formula is C29H38F2O. The van der Waals surface area contributed by atoms with E-state index in [1.165, 1.54) is 83.8 Å². The zero-order valence-corrected chi connectivity index (χ0v) is 19.7. The molecule has 174 valence electrons. The van der Waals surface area contributed by atoms with Gasteiger partial charge in [0, 0.05) is 5.56 Å². The van der Waals surface area contributed by atoms with Crippen LogP contribution in [0.1, 0.15) is 89.0 Å². The molecule has 1 nitrogen and oxygen atoms in total. The van der Waals surface area contributed by atoms with Gasteiger partial charge >= 0.3 is 0 Å². The Hall–Kier alpha value is -1.90. The van der Waals surface area contributed by atoms with Gasteiger partial charge in [0.2, 0.25) is 0 Å². The van der Waals surface area contributed by atoms with Crippen molar-refractivity contribution < 1.29 is 13.5 Å². The van der Waals surface area contributed by atoms with E-state index in [2.05, 4.69) is 13.0 Å². The SMILES string of the molecule is CCCCCCC1CCC2CC(c3ccc(-c4ccc(OC)c(F)c4)c(F)c3)CCC2C1. The number of halogens is 2. The number of hydrogen-bond acceptors (Lipinski definition) is 1. The molecule has 2 aromatic carbocycles. The Kier molecular flexibility index (Phi) is 7.86. The molecule has 0 saturated heterocycles. The lowest BCUT2D eigenvalue weighted by Gasteiger charge is -2.42. The molecule has 2 saturated carbocycles. The minimum Gasteiger partial charge on any atom is -0.494 e. The fraction of sp³-hybridized carbons (Fsp3) is 0.586. The fourth-order valence-corrected chi connectivity index (χ4v) is 6.26. The molecule has 0 bridgehead atoms. The van der Waals surface area contributed by atoms with Gasteiger partial charge in [-0.3, -0.25) is 0 Å². The van der Waals surface area contributed by atoms with Gasteiger partial charge in [-0.05, 0) is 85.1 Å². The normalized spacial score (nSPS) is 25.4. The molecule has 0 radical (unpaired) electrons. The van der Waals surface area contributed by atoms with E-state index in [0.717, 1.165) is 23.3 Å². The Morgan fingerprint density at radius 2 is 1.66 bits per heavy atom. The third-order valence-electron chi connectivity index (χ3n) is 8.11. The molecule has 2 aliphatic rings. The Labute approximate surface area is 192 Å². The first kappa shape index (κ1) is 23.3. The first-order chi connectivity index (χ1) is 15.6. The smallest absolute Gasteiger partial charge is 0.165 e. The summed E-state index contributed by atoms with van der Waals surface area (Å²) in [4.78, 5) is 0. The summed E-state index contributed by atoms with van der Waals surface area (Å²) in [6, 6.07) is 10.2. The van der Waals surface area contributed by atoms with Crippen molar-refractivity contribution in [2.24, 2.45) is 17.8 Å². The van der Waals surface area contributed by atoms with Crippen LogP contribution in [0.5, 0.6) is 5.75 Å². The Morgan fingerprint density at radius 3 is 2.41 bits per heavy atom. The van der Waals surface area contributed by atoms with Crippen LogP contribution in [0.25, 0.3) is 11.1 Å². The number of methoxy groups -OCH3 is 1. The lowest BCUT2D eigenvalue weighted by atomic mass is 9.63. The topological polar surface area (TPSA) is 9.23 Å². The molecule has 32 heavy (non-hydrogen) atoms. The molecule has 0 N–H and O–H groups in total. The molecule has 0 aromatic heterocycles. The first-order valence-corrected chi connectivity index (χ1v) is 12.7. The molecule has 2 aliphatic carbocycles. The van der Waals surface area contributed by atoms with Crippen LogP contribution in [0.4, 0.5) is 8.78 Å². The third-order valence-corrected chi connectivity index (χ3v) is 8.11. The van der Waals surface area contributed by atoms with Gasteiger partial charge in [-0.2, -0.15) is 0 Å². The third kappa shape index (κ3) is 5.35. The molecule has 0 spiro atoms. The van der Waals surface area contributed by atoms with Crippen molar-refractivity contribution >= 4 is 0 Å². The first-order valence-electron chi connectivity index (χ1n) is 12.7. The summed E-state index contributed by atoms with van der Waals surface area (Å²) >= 11 is 0. The molecule has 3 heteroatoms. The van der Waals surface area contributed by atoms with Crippen LogP contribution in [0.15, 0.2) is 36.4 Å². The maximum Gasteiger partial charge on any atom is 0.165 e. The predicted molar refractivity (Wildman–Crippen MR) is 128 cm³/mol. The number of rotatable bonds is 8. The van der Waals surface area contributed by atoms with E-state index in [9.17, 15) is 4.39 Å². The summed E-state index contributed by atoms with van der Waals surface area (Å²) in [7, 11) is 1.43. The summed E-state index contributed by atoms with van der Waals surface area (Å²) in [6.45, 7) is 2.28. The maximum atomic E-state index is 15.0. The highest BCUT2D eigenvalue weighted by Gasteiger charge is 2.35. The van der Waals surface area contributed by atoms with E-state index < -0.39 is 5.82 Å². The number of unbranched alkanes of at least 4 members (excludes halogenated alkanes) is 3. The monoisotopic (exact) mass is 440 g/mol. The van der Waals surface area contributed by atoms with Crippen molar-refractivity contribution in [3.05, 3.63) is 53.6 Å². The quantitative estimate of drug-likeness (QED) is 0.372. The number of benzene rings is 2. The van der Waals surface area contributed by atoms with Gasteiger partial charge in [0.25, 0.3) is 0 Å². The molecule has 2 fully saturated rings. The summed E-state index contributed by atoms with van der Waals surface area (Å²) in [5.41, 5.74) is 2.11. The Balaban J connectivity index is 1.37. The van der Waals surface area contributed by atoms with Crippen molar-refractivity contribution in [3.8, 4) is 16.9 Å². The zero-order chi connectivity index (χ0) is 22.5. The van der Waals surface area contributed by atoms with E-state index in [-0.39, 0.29) is 11.6 Å². The van der Waals surface area contributed by atoms with Crippen LogP contribution < -0.4 is 4.74 Å². The largest absolute Gasteiger partial charge is 0.494 e. The van der Waals surface area contributed by atoms with Crippen LogP contribution >= 0.6 is 0 Å². The lowest BCUT2D eigenvalue weighted by Crippen LogP contribution is -2.30. The van der Waals surface area contributed by atoms with Gasteiger partial charge in [0.05, 0.1) is 7.11 Å². The van der Waals surface area contributed by atoms with Crippen molar-refractivity contribution in [1.82, 2.24) is 0 Å². The highest BCUT2D eigenvalue weighted by Crippen LogP contribution is 2.48. The molecule has 2 aromatic rings. The van der Waals surface area contributed by atoms with E-state index >= 15 is 4.39 Å². The zero-order valence-electron chi connectivity index (χ0n) is 19.7. The predicted octanol–water partition coefficient (Wildman–Crippen LogP) is 8.91. The molecule has 0 aliphatic heterocycles. The van der Waals surface area contributed by atoms with Crippen molar-refractivity contribution in [3.63, 3.8) is 0 Å². The highest BCUT2D eigenvalue weighted by atomic mass is 19.1. The number of hydrogen-bond donors (Lipinski definition) is 0. The van der Waals surface area contributed by atoms with E-state index in [4.69, 9.17) is 4.74 Å². The minimum atomic E-state index is -0.465. The van der Waals surface area contributed by atoms with Crippen LogP contribution in [0.2, 0.25) is 0 Å². The molecule has 0 heterocycles. The van der Waals surface area contributed by atoms with Gasteiger partial charge in [0.15, 0.2) is 11.6 Å². The van der Waals surface area contributed by atoms with Gasteiger partial charge in [-0.1, -0.05) is 63.6 Å². The molecule has 0 amide bonds. The summed E-state index contributed by atoms with van der Waals surface area (Å²) in [5, 5.41) is 0. The van der Waals surface area contributed by atoms with Crippen LogP contribution in [0.3, 0.4) is 0 Å². The Bertz CT molecular complexity index is 893. The van der Waals surface area contributed by atoms with E-state index in [1.54, 1.807) is 18.2 Å². The highest BCUT2D eigenvalue weighted by molar-refractivity contribution is 5.65. The molecule has 4 atom stereocenters. The van der Waals surface area contributed by atoms with Crippen molar-refractivity contribution in [1.29, 1.82) is 0 Å². The molecular weight excluding hydrogens is 402 g/mol. The minimum absolute atomic E-state index is 0.179. The molecule has 4 rings (SSSR count). The second-order valence-corrected chi connectivity index (χ2v) is 10.1. The second-order valence-electron chi connectivity index (χ2n) is 10.1.